The number of rotatable bonds is 2. The van der Waals surface area contributed by atoms with Gasteiger partial charge in [-0.2, -0.15) is 9.40 Å². The summed E-state index contributed by atoms with van der Waals surface area (Å²) in [6.07, 6.45) is 2.07. The van der Waals surface area contributed by atoms with Gasteiger partial charge in [-0.1, -0.05) is 6.92 Å². The molecule has 1 saturated heterocycles. The standard InChI is InChI=1S/C10H18N4O2S/c1-7-6-14(4-3-9(7)11)17(15,16)10-5-12-13-8(10)2/h5,7,9H,3-4,6,11H2,1-2H3,(H,12,13). The molecule has 2 rings (SSSR count). The van der Waals surface area contributed by atoms with E-state index in [0.29, 0.717) is 25.2 Å². The third-order valence-corrected chi connectivity index (χ3v) is 5.31. The van der Waals surface area contributed by atoms with Gasteiger partial charge in [0.05, 0.1) is 11.9 Å². The van der Waals surface area contributed by atoms with Crippen molar-refractivity contribution in [1.29, 1.82) is 0 Å². The molecule has 2 atom stereocenters. The minimum atomic E-state index is -3.42. The van der Waals surface area contributed by atoms with Crippen LogP contribution in [0.2, 0.25) is 0 Å². The van der Waals surface area contributed by atoms with Gasteiger partial charge in [-0.3, -0.25) is 5.10 Å². The van der Waals surface area contributed by atoms with Crippen molar-refractivity contribution in [3.8, 4) is 0 Å². The lowest BCUT2D eigenvalue weighted by molar-refractivity contribution is 0.250. The van der Waals surface area contributed by atoms with E-state index in [0.717, 1.165) is 0 Å². The third kappa shape index (κ3) is 2.22. The fourth-order valence-electron chi connectivity index (χ4n) is 2.08. The SMILES string of the molecule is Cc1[nH]ncc1S(=O)(=O)N1CCC(N)C(C)C1. The number of sulfonamides is 1. The summed E-state index contributed by atoms with van der Waals surface area (Å²) in [7, 11) is -3.42. The van der Waals surface area contributed by atoms with Crippen LogP contribution < -0.4 is 5.73 Å². The molecule has 1 aromatic rings. The van der Waals surface area contributed by atoms with Crippen LogP contribution in [0.5, 0.6) is 0 Å². The van der Waals surface area contributed by atoms with Crippen molar-refractivity contribution in [2.75, 3.05) is 13.1 Å². The van der Waals surface area contributed by atoms with Gasteiger partial charge in [0.25, 0.3) is 0 Å². The average Bonchev–Trinajstić information content (AvgIpc) is 2.69. The molecule has 2 unspecified atom stereocenters. The van der Waals surface area contributed by atoms with Crippen molar-refractivity contribution in [2.45, 2.75) is 31.2 Å². The second-order valence-electron chi connectivity index (χ2n) is 4.65. The first-order valence-electron chi connectivity index (χ1n) is 5.68. The number of nitrogens with two attached hydrogens (primary N) is 1. The Bertz CT molecular complexity index is 496. The molecule has 0 bridgehead atoms. The third-order valence-electron chi connectivity index (χ3n) is 3.34. The van der Waals surface area contributed by atoms with Gasteiger partial charge in [0, 0.05) is 19.1 Å². The molecule has 17 heavy (non-hydrogen) atoms. The van der Waals surface area contributed by atoms with E-state index in [1.807, 2.05) is 6.92 Å². The Hall–Kier alpha value is -0.920. The zero-order valence-corrected chi connectivity index (χ0v) is 10.9. The minimum absolute atomic E-state index is 0.0897. The number of hydrogen-bond donors (Lipinski definition) is 2. The summed E-state index contributed by atoms with van der Waals surface area (Å²) in [5.74, 6) is 0.186. The number of nitrogens with zero attached hydrogens (tertiary/aromatic N) is 2. The summed E-state index contributed by atoms with van der Waals surface area (Å²) in [5.41, 5.74) is 6.47. The van der Waals surface area contributed by atoms with E-state index >= 15 is 0 Å². The summed E-state index contributed by atoms with van der Waals surface area (Å²) in [6.45, 7) is 4.65. The molecule has 1 aromatic heterocycles. The van der Waals surface area contributed by atoms with Crippen molar-refractivity contribution in [3.05, 3.63) is 11.9 Å². The summed E-state index contributed by atoms with van der Waals surface area (Å²) in [5, 5.41) is 6.41. The smallest absolute Gasteiger partial charge is 0.246 e. The highest BCUT2D eigenvalue weighted by Gasteiger charge is 2.33. The van der Waals surface area contributed by atoms with E-state index in [1.54, 1.807) is 6.92 Å². The highest BCUT2D eigenvalue weighted by atomic mass is 32.2. The summed E-state index contributed by atoms with van der Waals surface area (Å²) in [4.78, 5) is 0.264. The molecule has 0 aromatic carbocycles. The van der Waals surface area contributed by atoms with Crippen LogP contribution >= 0.6 is 0 Å². The molecule has 2 heterocycles. The van der Waals surface area contributed by atoms with Gasteiger partial charge in [0.15, 0.2) is 0 Å². The monoisotopic (exact) mass is 258 g/mol. The fourth-order valence-corrected chi connectivity index (χ4v) is 3.76. The van der Waals surface area contributed by atoms with E-state index in [-0.39, 0.29) is 16.9 Å². The molecule has 0 saturated carbocycles. The lowest BCUT2D eigenvalue weighted by Crippen LogP contribution is -2.48. The number of piperidine rings is 1. The average molecular weight is 258 g/mol. The van der Waals surface area contributed by atoms with Crippen molar-refractivity contribution in [2.24, 2.45) is 11.7 Å². The molecule has 1 aliphatic heterocycles. The first-order chi connectivity index (χ1) is 7.93. The van der Waals surface area contributed by atoms with E-state index in [9.17, 15) is 8.42 Å². The number of H-pyrrole nitrogens is 1. The highest BCUT2D eigenvalue weighted by molar-refractivity contribution is 7.89. The molecule has 96 valence electrons. The number of hydrogen-bond acceptors (Lipinski definition) is 4. The molecular weight excluding hydrogens is 240 g/mol. The molecule has 0 amide bonds. The first kappa shape index (κ1) is 12.5. The molecule has 0 spiro atoms. The minimum Gasteiger partial charge on any atom is -0.327 e. The van der Waals surface area contributed by atoms with Crippen LogP contribution in [0.25, 0.3) is 0 Å². The van der Waals surface area contributed by atoms with Gasteiger partial charge < -0.3 is 5.73 Å². The Morgan fingerprint density at radius 1 is 1.59 bits per heavy atom. The van der Waals surface area contributed by atoms with Gasteiger partial charge in [0.1, 0.15) is 4.90 Å². The molecular formula is C10H18N4O2S. The van der Waals surface area contributed by atoms with Gasteiger partial charge in [-0.05, 0) is 19.3 Å². The van der Waals surface area contributed by atoms with Crippen LogP contribution in [0.3, 0.4) is 0 Å². The lowest BCUT2D eigenvalue weighted by Gasteiger charge is -2.34. The Morgan fingerprint density at radius 3 is 2.82 bits per heavy atom. The van der Waals surface area contributed by atoms with Crippen LogP contribution in [-0.4, -0.2) is 42.1 Å². The maximum Gasteiger partial charge on any atom is 0.246 e. The largest absolute Gasteiger partial charge is 0.327 e. The Kier molecular flexibility index (Phi) is 3.24. The van der Waals surface area contributed by atoms with Gasteiger partial charge in [0.2, 0.25) is 10.0 Å². The van der Waals surface area contributed by atoms with Gasteiger partial charge >= 0.3 is 0 Å². The molecule has 6 nitrogen and oxygen atoms in total. The van der Waals surface area contributed by atoms with E-state index in [1.165, 1.54) is 10.5 Å². The molecule has 0 radical (unpaired) electrons. The fraction of sp³-hybridized carbons (Fsp3) is 0.700. The second kappa shape index (κ2) is 4.40. The maximum atomic E-state index is 12.3. The van der Waals surface area contributed by atoms with Gasteiger partial charge in [-0.25, -0.2) is 8.42 Å². The van der Waals surface area contributed by atoms with Crippen LogP contribution in [0.4, 0.5) is 0 Å². The summed E-state index contributed by atoms with van der Waals surface area (Å²) in [6, 6.07) is 0.0897. The number of nitrogens with one attached hydrogen (secondary N) is 1. The quantitative estimate of drug-likeness (QED) is 0.785. The number of aryl methyl sites for hydroxylation is 1. The van der Waals surface area contributed by atoms with Crippen LogP contribution in [0.15, 0.2) is 11.1 Å². The topological polar surface area (TPSA) is 92.1 Å². The number of aromatic amines is 1. The lowest BCUT2D eigenvalue weighted by atomic mass is 9.96. The Morgan fingerprint density at radius 2 is 2.29 bits per heavy atom. The molecule has 1 aliphatic rings. The van der Waals surface area contributed by atoms with Crippen molar-refractivity contribution in [3.63, 3.8) is 0 Å². The summed E-state index contributed by atoms with van der Waals surface area (Å²) < 4.78 is 26.2. The van der Waals surface area contributed by atoms with Crippen LogP contribution in [0, 0.1) is 12.8 Å². The normalized spacial score (nSPS) is 27.2. The van der Waals surface area contributed by atoms with E-state index in [4.69, 9.17) is 5.73 Å². The first-order valence-corrected chi connectivity index (χ1v) is 7.12. The molecule has 3 N–H and O–H groups in total. The molecule has 1 fully saturated rings. The van der Waals surface area contributed by atoms with E-state index < -0.39 is 10.0 Å². The van der Waals surface area contributed by atoms with Crippen molar-refractivity contribution in [1.82, 2.24) is 14.5 Å². The van der Waals surface area contributed by atoms with Crippen LogP contribution in [0.1, 0.15) is 19.0 Å². The predicted octanol–water partition coefficient (Wildman–Crippen LogP) is 0.0759. The Balaban J connectivity index is 2.26. The van der Waals surface area contributed by atoms with Gasteiger partial charge in [-0.15, -0.1) is 0 Å². The predicted molar refractivity (Wildman–Crippen MR) is 63.8 cm³/mol. The second-order valence-corrected chi connectivity index (χ2v) is 6.56. The van der Waals surface area contributed by atoms with Crippen molar-refractivity contribution >= 4 is 10.0 Å². The Labute approximate surface area is 101 Å². The zero-order valence-electron chi connectivity index (χ0n) is 10.0. The summed E-state index contributed by atoms with van der Waals surface area (Å²) >= 11 is 0. The highest BCUT2D eigenvalue weighted by Crippen LogP contribution is 2.23. The number of aromatic nitrogens is 2. The van der Waals surface area contributed by atoms with Crippen molar-refractivity contribution < 1.29 is 8.42 Å². The molecule has 0 aliphatic carbocycles. The zero-order chi connectivity index (χ0) is 12.6. The van der Waals surface area contributed by atoms with E-state index in [2.05, 4.69) is 10.2 Å². The molecule has 7 heteroatoms. The van der Waals surface area contributed by atoms with Crippen LogP contribution in [-0.2, 0) is 10.0 Å². The maximum absolute atomic E-state index is 12.3.